The van der Waals surface area contributed by atoms with Crippen LogP contribution in [0.15, 0.2) is 47.8 Å². The Morgan fingerprint density at radius 3 is 2.50 bits per heavy atom. The molecule has 2 heterocycles. The van der Waals surface area contributed by atoms with E-state index >= 15 is 0 Å². The molecule has 0 spiro atoms. The highest BCUT2D eigenvalue weighted by molar-refractivity contribution is 7.10. The zero-order chi connectivity index (χ0) is 19.8. The largest absolute Gasteiger partial charge is 0.493 e. The summed E-state index contributed by atoms with van der Waals surface area (Å²) in [7, 11) is 3.24. The summed E-state index contributed by atoms with van der Waals surface area (Å²) in [4.78, 5) is 13.0. The average molecular weight is 398 g/mol. The molecular weight excluding hydrogens is 376 g/mol. The van der Waals surface area contributed by atoms with Crippen molar-refractivity contribution < 1.29 is 14.3 Å². The van der Waals surface area contributed by atoms with Crippen LogP contribution in [0.4, 0.5) is 11.6 Å². The third kappa shape index (κ3) is 5.43. The molecule has 0 unspecified atom stereocenters. The van der Waals surface area contributed by atoms with E-state index in [0.29, 0.717) is 36.1 Å². The van der Waals surface area contributed by atoms with Crippen molar-refractivity contribution >= 4 is 28.9 Å². The topological polar surface area (TPSA) is 85.4 Å². The van der Waals surface area contributed by atoms with Crippen molar-refractivity contribution in [2.75, 3.05) is 31.4 Å². The van der Waals surface area contributed by atoms with Crippen LogP contribution in [0.25, 0.3) is 0 Å². The Labute approximate surface area is 167 Å². The molecule has 0 saturated heterocycles. The van der Waals surface area contributed by atoms with Gasteiger partial charge in [0.05, 0.1) is 20.6 Å². The molecule has 8 heteroatoms. The fraction of sp³-hybridized carbons (Fsp3) is 0.250. The zero-order valence-corrected chi connectivity index (χ0v) is 16.6. The normalized spacial score (nSPS) is 10.4. The molecule has 3 aromatic rings. The maximum Gasteiger partial charge on any atom is 0.230 e. The first-order valence-corrected chi connectivity index (χ1v) is 9.66. The van der Waals surface area contributed by atoms with Crippen molar-refractivity contribution in [3.8, 4) is 11.5 Å². The molecule has 0 bridgehead atoms. The lowest BCUT2D eigenvalue weighted by atomic mass is 10.1. The SMILES string of the molecule is COc1ccc(CCNc2ccc(NC(=O)Cc3cccs3)nn2)cc1OC. The lowest BCUT2D eigenvalue weighted by Crippen LogP contribution is -2.15. The van der Waals surface area contributed by atoms with Crippen molar-refractivity contribution in [2.24, 2.45) is 0 Å². The fourth-order valence-electron chi connectivity index (χ4n) is 2.62. The summed E-state index contributed by atoms with van der Waals surface area (Å²) in [6.07, 6.45) is 1.13. The van der Waals surface area contributed by atoms with Gasteiger partial charge < -0.3 is 20.1 Å². The van der Waals surface area contributed by atoms with Gasteiger partial charge in [0.1, 0.15) is 5.82 Å². The van der Waals surface area contributed by atoms with Gasteiger partial charge in [0, 0.05) is 11.4 Å². The number of nitrogens with zero attached hydrogens (tertiary/aromatic N) is 2. The van der Waals surface area contributed by atoms with Gasteiger partial charge >= 0.3 is 0 Å². The van der Waals surface area contributed by atoms with Crippen LogP contribution in [0, 0.1) is 0 Å². The molecule has 7 nitrogen and oxygen atoms in total. The number of nitrogens with one attached hydrogen (secondary N) is 2. The molecule has 0 radical (unpaired) electrons. The van der Waals surface area contributed by atoms with Crippen LogP contribution in [-0.2, 0) is 17.6 Å². The van der Waals surface area contributed by atoms with Gasteiger partial charge in [-0.3, -0.25) is 4.79 Å². The van der Waals surface area contributed by atoms with E-state index in [1.54, 1.807) is 37.7 Å². The Bertz CT molecular complexity index is 898. The summed E-state index contributed by atoms with van der Waals surface area (Å²) in [6, 6.07) is 13.2. The summed E-state index contributed by atoms with van der Waals surface area (Å²) in [6.45, 7) is 0.689. The van der Waals surface area contributed by atoms with Crippen molar-refractivity contribution in [3.63, 3.8) is 0 Å². The van der Waals surface area contributed by atoms with E-state index in [1.165, 1.54) is 0 Å². The summed E-state index contributed by atoms with van der Waals surface area (Å²) in [5.74, 6) is 2.40. The highest BCUT2D eigenvalue weighted by Crippen LogP contribution is 2.27. The molecular formula is C20H22N4O3S. The Morgan fingerprint density at radius 1 is 1.04 bits per heavy atom. The van der Waals surface area contributed by atoms with Crippen molar-refractivity contribution in [1.82, 2.24) is 10.2 Å². The van der Waals surface area contributed by atoms with Crippen LogP contribution in [0.2, 0.25) is 0 Å². The van der Waals surface area contributed by atoms with Gasteiger partial charge in [-0.2, -0.15) is 0 Å². The molecule has 0 fully saturated rings. The molecule has 3 rings (SSSR count). The van der Waals surface area contributed by atoms with Gasteiger partial charge in [-0.1, -0.05) is 12.1 Å². The van der Waals surface area contributed by atoms with Crippen LogP contribution in [0.1, 0.15) is 10.4 Å². The molecule has 2 aromatic heterocycles. The number of carbonyl (C=O) groups excluding carboxylic acids is 1. The number of carbonyl (C=O) groups is 1. The van der Waals surface area contributed by atoms with Crippen molar-refractivity contribution in [2.45, 2.75) is 12.8 Å². The van der Waals surface area contributed by atoms with E-state index in [1.807, 2.05) is 35.7 Å². The first kappa shape index (κ1) is 19.6. The third-order valence-electron chi connectivity index (χ3n) is 4.01. The summed E-state index contributed by atoms with van der Waals surface area (Å²) >= 11 is 1.55. The molecule has 1 aromatic carbocycles. The average Bonchev–Trinajstić information content (AvgIpc) is 3.22. The molecule has 1 amide bonds. The minimum atomic E-state index is -0.106. The molecule has 146 valence electrons. The first-order valence-electron chi connectivity index (χ1n) is 8.78. The number of aromatic nitrogens is 2. The molecule has 0 saturated carbocycles. The number of thiophene rings is 1. The maximum absolute atomic E-state index is 12.0. The molecule has 0 aliphatic carbocycles. The van der Waals surface area contributed by atoms with Gasteiger partial charge in [0.25, 0.3) is 0 Å². The van der Waals surface area contributed by atoms with Crippen LogP contribution >= 0.6 is 11.3 Å². The Kier molecular flexibility index (Phi) is 6.80. The van der Waals surface area contributed by atoms with E-state index in [9.17, 15) is 4.79 Å². The van der Waals surface area contributed by atoms with Crippen molar-refractivity contribution in [3.05, 3.63) is 58.3 Å². The fourth-order valence-corrected chi connectivity index (χ4v) is 3.33. The molecule has 2 N–H and O–H groups in total. The quantitative estimate of drug-likeness (QED) is 0.575. The minimum Gasteiger partial charge on any atom is -0.493 e. The second-order valence-corrected chi connectivity index (χ2v) is 7.01. The van der Waals surface area contributed by atoms with Gasteiger partial charge in [-0.15, -0.1) is 21.5 Å². The Hall–Kier alpha value is -3.13. The van der Waals surface area contributed by atoms with Crippen LogP contribution in [0.3, 0.4) is 0 Å². The standard InChI is InChI=1S/C20H22N4O3S/c1-26-16-6-5-14(12-17(16)27-2)9-10-21-18-7-8-19(24-23-18)22-20(25)13-15-4-3-11-28-15/h3-8,11-12H,9-10,13H2,1-2H3,(H,21,23)(H,22,24,25). The summed E-state index contributed by atoms with van der Waals surface area (Å²) < 4.78 is 10.6. The van der Waals surface area contributed by atoms with Crippen molar-refractivity contribution in [1.29, 1.82) is 0 Å². The number of methoxy groups -OCH3 is 2. The lowest BCUT2D eigenvalue weighted by Gasteiger charge is -2.10. The van der Waals surface area contributed by atoms with Crippen LogP contribution in [-0.4, -0.2) is 36.9 Å². The van der Waals surface area contributed by atoms with E-state index in [2.05, 4.69) is 20.8 Å². The van der Waals surface area contributed by atoms with E-state index in [4.69, 9.17) is 9.47 Å². The van der Waals surface area contributed by atoms with E-state index < -0.39 is 0 Å². The molecule has 0 atom stereocenters. The Morgan fingerprint density at radius 2 is 1.82 bits per heavy atom. The van der Waals surface area contributed by atoms with Crippen LogP contribution in [0.5, 0.6) is 11.5 Å². The molecule has 0 aliphatic rings. The lowest BCUT2D eigenvalue weighted by molar-refractivity contribution is -0.115. The minimum absolute atomic E-state index is 0.106. The predicted octanol–water partition coefficient (Wildman–Crippen LogP) is 3.39. The van der Waals surface area contributed by atoms with E-state index in [0.717, 1.165) is 16.9 Å². The summed E-state index contributed by atoms with van der Waals surface area (Å²) in [5, 5.41) is 16.1. The maximum atomic E-state index is 12.0. The number of rotatable bonds is 9. The van der Waals surface area contributed by atoms with Gasteiger partial charge in [0.2, 0.25) is 5.91 Å². The third-order valence-corrected chi connectivity index (χ3v) is 4.89. The first-order chi connectivity index (χ1) is 13.7. The Balaban J connectivity index is 1.47. The van der Waals surface area contributed by atoms with Gasteiger partial charge in [0.15, 0.2) is 17.3 Å². The highest BCUT2D eigenvalue weighted by atomic mass is 32.1. The smallest absolute Gasteiger partial charge is 0.230 e. The monoisotopic (exact) mass is 398 g/mol. The van der Waals surface area contributed by atoms with E-state index in [-0.39, 0.29) is 5.91 Å². The number of anilines is 2. The second kappa shape index (κ2) is 9.70. The molecule has 0 aliphatic heterocycles. The highest BCUT2D eigenvalue weighted by Gasteiger charge is 2.07. The number of hydrogen-bond acceptors (Lipinski definition) is 7. The van der Waals surface area contributed by atoms with Gasteiger partial charge in [-0.25, -0.2) is 0 Å². The van der Waals surface area contributed by atoms with Gasteiger partial charge in [-0.05, 0) is 47.7 Å². The molecule has 28 heavy (non-hydrogen) atoms. The van der Waals surface area contributed by atoms with Crippen LogP contribution < -0.4 is 20.1 Å². The number of amides is 1. The zero-order valence-electron chi connectivity index (χ0n) is 15.8. The number of ether oxygens (including phenoxy) is 2. The number of hydrogen-bond donors (Lipinski definition) is 2. The number of benzene rings is 1. The summed E-state index contributed by atoms with van der Waals surface area (Å²) in [5.41, 5.74) is 1.12. The second-order valence-electron chi connectivity index (χ2n) is 5.97. The predicted molar refractivity (Wildman–Crippen MR) is 110 cm³/mol.